The maximum atomic E-state index is 12.6. The maximum absolute atomic E-state index is 12.6. The summed E-state index contributed by atoms with van der Waals surface area (Å²) in [7, 11) is 4.26. The van der Waals surface area contributed by atoms with Gasteiger partial charge in [0, 0.05) is 17.6 Å². The molecule has 0 radical (unpaired) electrons. The lowest BCUT2D eigenvalue weighted by Gasteiger charge is -2.39. The Bertz CT molecular complexity index is 350. The van der Waals surface area contributed by atoms with E-state index in [0.717, 1.165) is 38.5 Å². The molecular formula is C16H33Cl2N3O. The zero-order chi connectivity index (χ0) is 14.8. The molecule has 132 valence electrons. The topological polar surface area (TPSA) is 58.4 Å². The van der Waals surface area contributed by atoms with Crippen LogP contribution in [0.3, 0.4) is 0 Å². The van der Waals surface area contributed by atoms with E-state index in [1.807, 2.05) is 6.92 Å². The summed E-state index contributed by atoms with van der Waals surface area (Å²) in [6.45, 7) is 2.04. The van der Waals surface area contributed by atoms with E-state index in [9.17, 15) is 4.79 Å². The zero-order valence-corrected chi connectivity index (χ0v) is 15.8. The van der Waals surface area contributed by atoms with Crippen LogP contribution < -0.4 is 11.1 Å². The Morgan fingerprint density at radius 2 is 1.82 bits per heavy atom. The molecule has 3 N–H and O–H groups in total. The number of carbonyl (C=O) groups excluding carboxylic acids is 1. The Hall–Kier alpha value is -0.0300. The van der Waals surface area contributed by atoms with Gasteiger partial charge >= 0.3 is 0 Å². The van der Waals surface area contributed by atoms with Crippen LogP contribution in [0.4, 0.5) is 0 Å². The Labute approximate surface area is 147 Å². The Kier molecular flexibility index (Phi) is 9.30. The lowest BCUT2D eigenvalue weighted by atomic mass is 9.74. The SMILES string of the molecule is CN(C)C1CCCC(NC(=O)C2CCCCC2(C)N)C1.Cl.Cl. The predicted octanol–water partition coefficient (Wildman–Crippen LogP) is 2.73. The van der Waals surface area contributed by atoms with Crippen molar-refractivity contribution in [3.63, 3.8) is 0 Å². The van der Waals surface area contributed by atoms with E-state index >= 15 is 0 Å². The highest BCUT2D eigenvalue weighted by Crippen LogP contribution is 2.32. The minimum Gasteiger partial charge on any atom is -0.353 e. The van der Waals surface area contributed by atoms with Crippen molar-refractivity contribution in [1.82, 2.24) is 10.2 Å². The first-order valence-corrected chi connectivity index (χ1v) is 8.16. The molecule has 2 fully saturated rings. The molecule has 0 aromatic heterocycles. The van der Waals surface area contributed by atoms with Crippen LogP contribution in [-0.4, -0.2) is 42.5 Å². The molecule has 4 atom stereocenters. The fourth-order valence-corrected chi connectivity index (χ4v) is 3.85. The Balaban J connectivity index is 0.00000220. The van der Waals surface area contributed by atoms with Gasteiger partial charge in [-0.3, -0.25) is 4.79 Å². The molecular weight excluding hydrogens is 321 g/mol. The average molecular weight is 354 g/mol. The van der Waals surface area contributed by atoms with Crippen molar-refractivity contribution in [2.75, 3.05) is 14.1 Å². The Morgan fingerprint density at radius 3 is 2.41 bits per heavy atom. The number of hydrogen-bond donors (Lipinski definition) is 2. The van der Waals surface area contributed by atoms with Crippen LogP contribution in [0.2, 0.25) is 0 Å². The zero-order valence-electron chi connectivity index (χ0n) is 14.1. The minimum absolute atomic E-state index is 0. The largest absolute Gasteiger partial charge is 0.353 e. The third-order valence-electron chi connectivity index (χ3n) is 5.29. The summed E-state index contributed by atoms with van der Waals surface area (Å²) in [5.74, 6) is 0.190. The summed E-state index contributed by atoms with van der Waals surface area (Å²) in [6, 6.07) is 0.936. The van der Waals surface area contributed by atoms with E-state index < -0.39 is 0 Å². The van der Waals surface area contributed by atoms with Gasteiger partial charge < -0.3 is 16.0 Å². The van der Waals surface area contributed by atoms with E-state index in [2.05, 4.69) is 24.3 Å². The van der Waals surface area contributed by atoms with Gasteiger partial charge in [-0.15, -0.1) is 24.8 Å². The van der Waals surface area contributed by atoms with Gasteiger partial charge in [0.1, 0.15) is 0 Å². The molecule has 22 heavy (non-hydrogen) atoms. The first-order valence-electron chi connectivity index (χ1n) is 8.16. The van der Waals surface area contributed by atoms with Gasteiger partial charge in [-0.1, -0.05) is 12.8 Å². The van der Waals surface area contributed by atoms with Gasteiger partial charge in [0.25, 0.3) is 0 Å². The predicted molar refractivity (Wildman–Crippen MR) is 96.9 cm³/mol. The van der Waals surface area contributed by atoms with Gasteiger partial charge in [0.2, 0.25) is 5.91 Å². The van der Waals surface area contributed by atoms with Gasteiger partial charge in [-0.2, -0.15) is 0 Å². The molecule has 0 heterocycles. The molecule has 0 saturated heterocycles. The van der Waals surface area contributed by atoms with Gasteiger partial charge in [0.05, 0.1) is 5.92 Å². The molecule has 2 rings (SSSR count). The summed E-state index contributed by atoms with van der Waals surface area (Å²) < 4.78 is 0. The number of amides is 1. The van der Waals surface area contributed by atoms with Crippen molar-refractivity contribution in [2.45, 2.75) is 75.9 Å². The first kappa shape index (κ1) is 22.0. The highest BCUT2D eigenvalue weighted by molar-refractivity contribution is 5.85. The molecule has 0 aliphatic heterocycles. The molecule has 0 spiro atoms. The van der Waals surface area contributed by atoms with E-state index in [1.54, 1.807) is 0 Å². The van der Waals surface area contributed by atoms with Crippen LogP contribution in [0.15, 0.2) is 0 Å². The standard InChI is InChI=1S/C16H31N3O.2ClH/c1-16(17)10-5-4-9-14(16)15(20)18-12-7-6-8-13(11-12)19(2)3;;/h12-14H,4-11,17H2,1-3H3,(H,18,20);2*1H. The van der Waals surface area contributed by atoms with Crippen LogP contribution in [0, 0.1) is 5.92 Å². The number of hydrogen-bond acceptors (Lipinski definition) is 3. The van der Waals surface area contributed by atoms with E-state index in [4.69, 9.17) is 5.73 Å². The lowest BCUT2D eigenvalue weighted by Crippen LogP contribution is -2.55. The third kappa shape index (κ3) is 5.55. The minimum atomic E-state index is -0.321. The highest BCUT2D eigenvalue weighted by Gasteiger charge is 2.38. The monoisotopic (exact) mass is 353 g/mol. The summed E-state index contributed by atoms with van der Waals surface area (Å²) in [5, 5.41) is 3.28. The molecule has 6 heteroatoms. The summed E-state index contributed by atoms with van der Waals surface area (Å²) in [5.41, 5.74) is 6.01. The van der Waals surface area contributed by atoms with E-state index in [0.29, 0.717) is 12.1 Å². The molecule has 4 nitrogen and oxygen atoms in total. The van der Waals surface area contributed by atoms with Crippen molar-refractivity contribution < 1.29 is 4.79 Å². The number of rotatable bonds is 3. The molecule has 2 aliphatic rings. The number of halogens is 2. The van der Waals surface area contributed by atoms with Crippen molar-refractivity contribution in [3.05, 3.63) is 0 Å². The molecule has 1 amide bonds. The number of carbonyl (C=O) groups is 1. The summed E-state index contributed by atoms with van der Waals surface area (Å²) in [6.07, 6.45) is 8.85. The molecule has 0 aromatic carbocycles. The van der Waals surface area contributed by atoms with Crippen molar-refractivity contribution in [2.24, 2.45) is 11.7 Å². The molecule has 4 unspecified atom stereocenters. The average Bonchev–Trinajstić information content (AvgIpc) is 2.38. The van der Waals surface area contributed by atoms with Crippen LogP contribution >= 0.6 is 24.8 Å². The van der Waals surface area contributed by atoms with E-state index in [1.165, 1.54) is 12.8 Å². The quantitative estimate of drug-likeness (QED) is 0.819. The van der Waals surface area contributed by atoms with Crippen LogP contribution in [0.5, 0.6) is 0 Å². The summed E-state index contributed by atoms with van der Waals surface area (Å²) >= 11 is 0. The maximum Gasteiger partial charge on any atom is 0.225 e. The molecule has 0 aromatic rings. The van der Waals surface area contributed by atoms with Crippen LogP contribution in [-0.2, 0) is 4.79 Å². The number of nitrogens with one attached hydrogen (secondary N) is 1. The lowest BCUT2D eigenvalue weighted by molar-refractivity contribution is -0.129. The van der Waals surface area contributed by atoms with E-state index in [-0.39, 0.29) is 42.2 Å². The summed E-state index contributed by atoms with van der Waals surface area (Å²) in [4.78, 5) is 14.8. The van der Waals surface area contributed by atoms with Gasteiger partial charge in [0.15, 0.2) is 0 Å². The second-order valence-corrected chi connectivity index (χ2v) is 7.29. The number of nitrogens with two attached hydrogens (primary N) is 1. The fourth-order valence-electron chi connectivity index (χ4n) is 3.85. The smallest absolute Gasteiger partial charge is 0.225 e. The molecule has 2 aliphatic carbocycles. The first-order chi connectivity index (χ1) is 9.40. The van der Waals surface area contributed by atoms with Crippen molar-refractivity contribution in [3.8, 4) is 0 Å². The normalized spacial score (nSPS) is 35.2. The molecule has 2 saturated carbocycles. The number of nitrogens with zero attached hydrogens (tertiary/aromatic N) is 1. The van der Waals surface area contributed by atoms with Crippen LogP contribution in [0.25, 0.3) is 0 Å². The van der Waals surface area contributed by atoms with Crippen molar-refractivity contribution >= 4 is 30.7 Å². The highest BCUT2D eigenvalue weighted by atomic mass is 35.5. The van der Waals surface area contributed by atoms with Gasteiger partial charge in [-0.25, -0.2) is 0 Å². The fraction of sp³-hybridized carbons (Fsp3) is 0.938. The van der Waals surface area contributed by atoms with Crippen molar-refractivity contribution in [1.29, 1.82) is 0 Å². The Morgan fingerprint density at radius 1 is 1.14 bits per heavy atom. The third-order valence-corrected chi connectivity index (χ3v) is 5.29. The second kappa shape index (κ2) is 9.31. The van der Waals surface area contributed by atoms with Crippen LogP contribution in [0.1, 0.15) is 58.3 Å². The second-order valence-electron chi connectivity index (χ2n) is 7.29. The molecule has 0 bridgehead atoms. The van der Waals surface area contributed by atoms with Gasteiger partial charge in [-0.05, 0) is 59.5 Å².